The predicted octanol–water partition coefficient (Wildman–Crippen LogP) is 3.43. The van der Waals surface area contributed by atoms with Gasteiger partial charge in [-0.2, -0.15) is 0 Å². The van der Waals surface area contributed by atoms with Crippen molar-refractivity contribution in [3.8, 4) is 0 Å². The Labute approximate surface area is 145 Å². The Morgan fingerprint density at radius 3 is 2.17 bits per heavy atom. The van der Waals surface area contributed by atoms with Crippen LogP contribution in [0.1, 0.15) is 52.4 Å². The van der Waals surface area contributed by atoms with Crippen molar-refractivity contribution >= 4 is 5.97 Å². The number of hydrogen-bond acceptors (Lipinski definition) is 4. The number of carbonyl (C=O) groups excluding carboxylic acids is 1. The number of hydrogen-bond donors (Lipinski definition) is 0. The van der Waals surface area contributed by atoms with Crippen LogP contribution in [0.2, 0.25) is 0 Å². The molecular formula is C20H32O4. The molecule has 4 heteroatoms. The smallest absolute Gasteiger partial charge is 0.309 e. The molecule has 24 heavy (non-hydrogen) atoms. The molecule has 4 nitrogen and oxygen atoms in total. The summed E-state index contributed by atoms with van der Waals surface area (Å²) < 4.78 is 16.7. The lowest BCUT2D eigenvalue weighted by Gasteiger charge is -2.35. The van der Waals surface area contributed by atoms with Crippen molar-refractivity contribution in [2.45, 2.75) is 64.6 Å². The maximum Gasteiger partial charge on any atom is 0.309 e. The van der Waals surface area contributed by atoms with Crippen LogP contribution in [0.3, 0.4) is 0 Å². The van der Waals surface area contributed by atoms with Crippen LogP contribution in [-0.2, 0) is 19.0 Å². The van der Waals surface area contributed by atoms with Crippen LogP contribution in [0, 0.1) is 35.5 Å². The molecule has 4 fully saturated rings. The molecular weight excluding hydrogens is 304 g/mol. The van der Waals surface area contributed by atoms with Gasteiger partial charge >= 0.3 is 5.97 Å². The zero-order chi connectivity index (χ0) is 16.7. The second kappa shape index (κ2) is 6.95. The summed E-state index contributed by atoms with van der Waals surface area (Å²) >= 11 is 0. The van der Waals surface area contributed by atoms with E-state index in [-0.39, 0.29) is 11.9 Å². The Kier molecular flexibility index (Phi) is 4.88. The highest BCUT2D eigenvalue weighted by Gasteiger charge is 2.42. The number of esters is 1. The number of epoxide rings is 2. The Morgan fingerprint density at radius 1 is 0.917 bits per heavy atom. The van der Waals surface area contributed by atoms with Crippen LogP contribution in [0.4, 0.5) is 0 Å². The van der Waals surface area contributed by atoms with Crippen LogP contribution >= 0.6 is 0 Å². The maximum absolute atomic E-state index is 12.6. The van der Waals surface area contributed by atoms with Crippen LogP contribution < -0.4 is 0 Å². The lowest BCUT2D eigenvalue weighted by atomic mass is 9.73. The molecule has 0 aromatic carbocycles. The van der Waals surface area contributed by atoms with Gasteiger partial charge in [-0.3, -0.25) is 4.79 Å². The first-order valence-electron chi connectivity index (χ1n) is 10.0. The largest absolute Gasteiger partial charge is 0.465 e. The monoisotopic (exact) mass is 336 g/mol. The molecule has 2 aliphatic carbocycles. The van der Waals surface area contributed by atoms with E-state index in [1.54, 1.807) is 0 Å². The summed E-state index contributed by atoms with van der Waals surface area (Å²) in [4.78, 5) is 12.6. The van der Waals surface area contributed by atoms with Gasteiger partial charge in [0.25, 0.3) is 0 Å². The highest BCUT2D eigenvalue weighted by Crippen LogP contribution is 2.41. The van der Waals surface area contributed by atoms with E-state index >= 15 is 0 Å². The third-order valence-corrected chi connectivity index (χ3v) is 7.13. The molecule has 2 saturated heterocycles. The second-order valence-corrected chi connectivity index (χ2v) is 8.84. The Hall–Kier alpha value is -0.610. The fraction of sp³-hybridized carbons (Fsp3) is 0.950. The zero-order valence-corrected chi connectivity index (χ0v) is 15.1. The number of rotatable bonds is 5. The average molecular weight is 336 g/mol. The number of carbonyl (C=O) groups is 1. The molecule has 2 aliphatic heterocycles. The van der Waals surface area contributed by atoms with Crippen LogP contribution in [0.25, 0.3) is 0 Å². The molecule has 8 unspecified atom stereocenters. The molecule has 136 valence electrons. The van der Waals surface area contributed by atoms with Gasteiger partial charge in [-0.25, -0.2) is 0 Å². The molecule has 0 aromatic heterocycles. The Bertz CT molecular complexity index is 457. The van der Waals surface area contributed by atoms with E-state index in [1.807, 2.05) is 0 Å². The minimum absolute atomic E-state index is 0.0506. The molecule has 0 aromatic rings. The Balaban J connectivity index is 1.24. The first kappa shape index (κ1) is 16.8. The minimum atomic E-state index is 0.0506. The van der Waals surface area contributed by atoms with Crippen molar-refractivity contribution in [3.63, 3.8) is 0 Å². The summed E-state index contributed by atoms with van der Waals surface area (Å²) in [5.41, 5.74) is 0. The fourth-order valence-electron chi connectivity index (χ4n) is 5.10. The third-order valence-electron chi connectivity index (χ3n) is 7.13. The predicted molar refractivity (Wildman–Crippen MR) is 90.4 cm³/mol. The van der Waals surface area contributed by atoms with Crippen molar-refractivity contribution in [2.24, 2.45) is 35.5 Å². The van der Waals surface area contributed by atoms with Gasteiger partial charge in [0.05, 0.1) is 37.9 Å². The summed E-state index contributed by atoms with van der Waals surface area (Å²) in [5.74, 6) is 3.11. The normalized spacial score (nSPS) is 47.9. The van der Waals surface area contributed by atoms with Crippen molar-refractivity contribution < 1.29 is 19.0 Å². The first-order chi connectivity index (χ1) is 11.6. The second-order valence-electron chi connectivity index (χ2n) is 8.84. The van der Waals surface area contributed by atoms with E-state index in [2.05, 4.69) is 13.8 Å². The fourth-order valence-corrected chi connectivity index (χ4v) is 5.10. The minimum Gasteiger partial charge on any atom is -0.465 e. The van der Waals surface area contributed by atoms with E-state index in [4.69, 9.17) is 14.2 Å². The van der Waals surface area contributed by atoms with E-state index in [9.17, 15) is 4.79 Å². The van der Waals surface area contributed by atoms with Crippen molar-refractivity contribution in [2.75, 3.05) is 19.8 Å². The van der Waals surface area contributed by atoms with Gasteiger partial charge in [-0.15, -0.1) is 0 Å². The molecule has 4 aliphatic rings. The molecule has 2 heterocycles. The lowest BCUT2D eigenvalue weighted by Crippen LogP contribution is -2.35. The molecule has 2 saturated carbocycles. The van der Waals surface area contributed by atoms with Gasteiger partial charge in [-0.1, -0.05) is 13.8 Å². The molecule has 0 amide bonds. The van der Waals surface area contributed by atoms with Gasteiger partial charge in [0.2, 0.25) is 0 Å². The highest BCUT2D eigenvalue weighted by atomic mass is 16.6. The first-order valence-corrected chi connectivity index (χ1v) is 10.0. The van der Waals surface area contributed by atoms with Gasteiger partial charge < -0.3 is 14.2 Å². The molecule has 0 radical (unpaired) electrons. The third kappa shape index (κ3) is 3.80. The molecule has 0 bridgehead atoms. The number of ether oxygens (including phenoxy) is 3. The summed E-state index contributed by atoms with van der Waals surface area (Å²) in [6, 6.07) is 0. The average Bonchev–Trinajstić information content (AvgIpc) is 3.46. The molecule has 0 spiro atoms. The van der Waals surface area contributed by atoms with Crippen molar-refractivity contribution in [3.05, 3.63) is 0 Å². The Morgan fingerprint density at radius 2 is 1.54 bits per heavy atom. The zero-order valence-electron chi connectivity index (χ0n) is 15.1. The molecule has 0 N–H and O–H groups in total. The maximum atomic E-state index is 12.6. The van der Waals surface area contributed by atoms with Gasteiger partial charge in [0.15, 0.2) is 0 Å². The standard InChI is InChI=1S/C20H32O4/c1-12-3-4-15(19-11-23-19)8-16(12)9-24-20(21)17-6-5-14(7-13(17)2)18-10-22-18/h12-19H,3-11H2,1-2H3. The quantitative estimate of drug-likeness (QED) is 0.570. The van der Waals surface area contributed by atoms with E-state index in [0.29, 0.717) is 48.4 Å². The van der Waals surface area contributed by atoms with E-state index in [1.165, 1.54) is 19.3 Å². The van der Waals surface area contributed by atoms with Crippen LogP contribution in [0.15, 0.2) is 0 Å². The summed E-state index contributed by atoms with van der Waals surface area (Å²) in [5, 5.41) is 0. The van der Waals surface area contributed by atoms with Gasteiger partial charge in [0, 0.05) is 0 Å². The van der Waals surface area contributed by atoms with Gasteiger partial charge in [-0.05, 0) is 68.1 Å². The van der Waals surface area contributed by atoms with Crippen LogP contribution in [0.5, 0.6) is 0 Å². The summed E-state index contributed by atoms with van der Waals surface area (Å²) in [6.45, 7) is 7.01. The van der Waals surface area contributed by atoms with Crippen LogP contribution in [-0.4, -0.2) is 38.0 Å². The topological polar surface area (TPSA) is 51.4 Å². The van der Waals surface area contributed by atoms with Crippen molar-refractivity contribution in [1.29, 1.82) is 0 Å². The van der Waals surface area contributed by atoms with Gasteiger partial charge in [0.1, 0.15) is 0 Å². The van der Waals surface area contributed by atoms with E-state index in [0.717, 1.165) is 32.5 Å². The SMILES string of the molecule is CC1CCC(C2CO2)CC1COC(=O)C1CCC(C2CO2)CC1C. The molecule has 4 rings (SSSR count). The van der Waals surface area contributed by atoms with E-state index < -0.39 is 0 Å². The summed E-state index contributed by atoms with van der Waals surface area (Å²) in [6.07, 6.45) is 7.88. The van der Waals surface area contributed by atoms with Crippen molar-refractivity contribution in [1.82, 2.24) is 0 Å². The summed E-state index contributed by atoms with van der Waals surface area (Å²) in [7, 11) is 0. The highest BCUT2D eigenvalue weighted by molar-refractivity contribution is 5.72. The lowest BCUT2D eigenvalue weighted by molar-refractivity contribution is -0.154. The molecule has 8 atom stereocenters.